The number of rotatable bonds is 8. The van der Waals surface area contributed by atoms with Crippen molar-refractivity contribution in [1.82, 2.24) is 9.80 Å². The van der Waals surface area contributed by atoms with Gasteiger partial charge in [-0.2, -0.15) is 0 Å². The molecular weight excluding hydrogens is 220 g/mol. The average Bonchev–Trinajstić information content (AvgIpc) is 2.30. The fourth-order valence-corrected chi connectivity index (χ4v) is 2.22. The molecular formula is C16H28N2. The normalized spacial score (nSPS) is 11.4. The summed E-state index contributed by atoms with van der Waals surface area (Å²) in [6, 6.07) is 8.92. The smallest absolute Gasteiger partial charge is 0.00217 e. The molecule has 0 spiro atoms. The van der Waals surface area contributed by atoms with E-state index in [1.165, 1.54) is 49.9 Å². The maximum atomic E-state index is 2.29. The van der Waals surface area contributed by atoms with Gasteiger partial charge >= 0.3 is 0 Å². The van der Waals surface area contributed by atoms with E-state index >= 15 is 0 Å². The van der Waals surface area contributed by atoms with Crippen LogP contribution in [0.1, 0.15) is 24.0 Å². The van der Waals surface area contributed by atoms with Gasteiger partial charge in [-0.25, -0.2) is 0 Å². The third-order valence-electron chi connectivity index (χ3n) is 3.22. The molecule has 0 saturated carbocycles. The molecule has 0 saturated heterocycles. The van der Waals surface area contributed by atoms with Crippen molar-refractivity contribution in [1.29, 1.82) is 0 Å². The Bertz CT molecular complexity index is 299. The highest BCUT2D eigenvalue weighted by molar-refractivity contribution is 5.27. The third-order valence-corrected chi connectivity index (χ3v) is 3.22. The summed E-state index contributed by atoms with van der Waals surface area (Å²) in [5.74, 6) is 0. The maximum absolute atomic E-state index is 2.29. The molecule has 0 N–H and O–H groups in total. The first-order valence-electron chi connectivity index (χ1n) is 6.96. The van der Waals surface area contributed by atoms with E-state index < -0.39 is 0 Å². The molecule has 2 nitrogen and oxygen atoms in total. The van der Waals surface area contributed by atoms with Gasteiger partial charge in [0.2, 0.25) is 0 Å². The summed E-state index contributed by atoms with van der Waals surface area (Å²) in [6.45, 7) is 2.35. The Kier molecular flexibility index (Phi) is 6.99. The molecule has 2 heteroatoms. The minimum Gasteiger partial charge on any atom is -0.309 e. The van der Waals surface area contributed by atoms with Crippen molar-refractivity contribution in [2.24, 2.45) is 0 Å². The minimum absolute atomic E-state index is 1.17. The van der Waals surface area contributed by atoms with Gasteiger partial charge in [-0.15, -0.1) is 0 Å². The summed E-state index contributed by atoms with van der Waals surface area (Å²) in [6.07, 6.45) is 4.90. The number of aryl methyl sites for hydroxylation is 2. The van der Waals surface area contributed by atoms with Gasteiger partial charge in [0, 0.05) is 0 Å². The van der Waals surface area contributed by atoms with Gasteiger partial charge in [0.25, 0.3) is 0 Å². The topological polar surface area (TPSA) is 6.48 Å². The van der Waals surface area contributed by atoms with E-state index in [-0.39, 0.29) is 0 Å². The van der Waals surface area contributed by atoms with Crippen LogP contribution in [0.25, 0.3) is 0 Å². The zero-order valence-electron chi connectivity index (χ0n) is 12.4. The first-order chi connectivity index (χ1) is 8.59. The van der Waals surface area contributed by atoms with Crippen molar-refractivity contribution in [3.05, 3.63) is 35.4 Å². The Balaban J connectivity index is 2.45. The summed E-state index contributed by atoms with van der Waals surface area (Å²) >= 11 is 0. The Morgan fingerprint density at radius 3 is 1.44 bits per heavy atom. The zero-order valence-corrected chi connectivity index (χ0v) is 12.4. The standard InChI is InChI=1S/C16H28N2/c1-17(2)13-7-11-15-9-5-6-10-16(15)12-8-14-18(3)4/h5-6,9-10H,7-8,11-14H2,1-4H3. The van der Waals surface area contributed by atoms with Crippen molar-refractivity contribution < 1.29 is 0 Å². The molecule has 18 heavy (non-hydrogen) atoms. The highest BCUT2D eigenvalue weighted by atomic mass is 15.0. The van der Waals surface area contributed by atoms with Crippen LogP contribution in [0.15, 0.2) is 24.3 Å². The van der Waals surface area contributed by atoms with Gasteiger partial charge in [-0.3, -0.25) is 0 Å². The van der Waals surface area contributed by atoms with E-state index in [9.17, 15) is 0 Å². The van der Waals surface area contributed by atoms with Crippen LogP contribution in [-0.4, -0.2) is 51.1 Å². The van der Waals surface area contributed by atoms with E-state index in [1.54, 1.807) is 0 Å². The summed E-state index contributed by atoms with van der Waals surface area (Å²) in [7, 11) is 8.57. The molecule has 0 bridgehead atoms. The number of benzene rings is 1. The van der Waals surface area contributed by atoms with Crippen molar-refractivity contribution >= 4 is 0 Å². The van der Waals surface area contributed by atoms with Gasteiger partial charge in [-0.1, -0.05) is 24.3 Å². The SMILES string of the molecule is CN(C)CCCc1ccccc1CCCN(C)C. The molecule has 1 rings (SSSR count). The Morgan fingerprint density at radius 2 is 1.11 bits per heavy atom. The van der Waals surface area contributed by atoms with Gasteiger partial charge in [0.15, 0.2) is 0 Å². The van der Waals surface area contributed by atoms with Crippen molar-refractivity contribution in [3.8, 4) is 0 Å². The fourth-order valence-electron chi connectivity index (χ4n) is 2.22. The predicted molar refractivity (Wildman–Crippen MR) is 80.2 cm³/mol. The summed E-state index contributed by atoms with van der Waals surface area (Å²) < 4.78 is 0. The molecule has 0 fully saturated rings. The molecule has 0 aliphatic heterocycles. The third kappa shape index (κ3) is 6.18. The quantitative estimate of drug-likeness (QED) is 0.698. The molecule has 0 aliphatic rings. The summed E-state index contributed by atoms with van der Waals surface area (Å²) in [4.78, 5) is 4.52. The van der Waals surface area contributed by atoms with E-state index in [1.807, 2.05) is 0 Å². The first kappa shape index (κ1) is 15.2. The number of nitrogens with zero attached hydrogens (tertiary/aromatic N) is 2. The van der Waals surface area contributed by atoms with Crippen molar-refractivity contribution in [3.63, 3.8) is 0 Å². The Labute approximate surface area is 113 Å². The predicted octanol–water partition coefficient (Wildman–Crippen LogP) is 2.68. The van der Waals surface area contributed by atoms with Crippen LogP contribution in [0.4, 0.5) is 0 Å². The molecule has 0 heterocycles. The Hall–Kier alpha value is -0.860. The fraction of sp³-hybridized carbons (Fsp3) is 0.625. The zero-order chi connectivity index (χ0) is 13.4. The van der Waals surface area contributed by atoms with Crippen LogP contribution in [0, 0.1) is 0 Å². The number of hydrogen-bond donors (Lipinski definition) is 0. The summed E-state index contributed by atoms with van der Waals surface area (Å²) in [5.41, 5.74) is 3.08. The Morgan fingerprint density at radius 1 is 0.722 bits per heavy atom. The molecule has 0 atom stereocenters. The molecule has 0 radical (unpaired) electrons. The molecule has 0 unspecified atom stereocenters. The molecule has 1 aromatic rings. The minimum atomic E-state index is 1.17. The molecule has 0 aliphatic carbocycles. The average molecular weight is 248 g/mol. The molecule has 0 aromatic heterocycles. The van der Waals surface area contributed by atoms with Crippen LogP contribution >= 0.6 is 0 Å². The van der Waals surface area contributed by atoms with Crippen LogP contribution in [0.3, 0.4) is 0 Å². The van der Waals surface area contributed by atoms with E-state index in [0.29, 0.717) is 0 Å². The van der Waals surface area contributed by atoms with Crippen LogP contribution < -0.4 is 0 Å². The molecule has 1 aromatic carbocycles. The van der Waals surface area contributed by atoms with Crippen LogP contribution in [-0.2, 0) is 12.8 Å². The van der Waals surface area contributed by atoms with E-state index in [0.717, 1.165) is 0 Å². The lowest BCUT2D eigenvalue weighted by Crippen LogP contribution is -2.15. The second-order valence-electron chi connectivity index (χ2n) is 5.58. The molecule has 102 valence electrons. The summed E-state index contributed by atoms with van der Waals surface area (Å²) in [5, 5.41) is 0. The van der Waals surface area contributed by atoms with Gasteiger partial charge < -0.3 is 9.80 Å². The highest BCUT2D eigenvalue weighted by Crippen LogP contribution is 2.13. The van der Waals surface area contributed by atoms with E-state index in [2.05, 4.69) is 62.3 Å². The van der Waals surface area contributed by atoms with Crippen LogP contribution in [0.2, 0.25) is 0 Å². The first-order valence-corrected chi connectivity index (χ1v) is 6.96. The van der Waals surface area contributed by atoms with Crippen molar-refractivity contribution in [2.75, 3.05) is 41.3 Å². The van der Waals surface area contributed by atoms with Gasteiger partial charge in [0.05, 0.1) is 0 Å². The maximum Gasteiger partial charge on any atom is -0.00217 e. The van der Waals surface area contributed by atoms with E-state index in [4.69, 9.17) is 0 Å². The van der Waals surface area contributed by atoms with Crippen LogP contribution in [0.5, 0.6) is 0 Å². The number of hydrogen-bond acceptors (Lipinski definition) is 2. The lowest BCUT2D eigenvalue weighted by Gasteiger charge is -2.13. The second-order valence-corrected chi connectivity index (χ2v) is 5.58. The highest BCUT2D eigenvalue weighted by Gasteiger charge is 2.02. The lowest BCUT2D eigenvalue weighted by atomic mass is 9.99. The lowest BCUT2D eigenvalue weighted by molar-refractivity contribution is 0.397. The van der Waals surface area contributed by atoms with Gasteiger partial charge in [0.1, 0.15) is 0 Å². The monoisotopic (exact) mass is 248 g/mol. The van der Waals surface area contributed by atoms with Gasteiger partial charge in [-0.05, 0) is 78.1 Å². The second kappa shape index (κ2) is 8.28. The largest absolute Gasteiger partial charge is 0.309 e. The van der Waals surface area contributed by atoms with Crippen molar-refractivity contribution in [2.45, 2.75) is 25.7 Å². The molecule has 0 amide bonds.